The van der Waals surface area contributed by atoms with Crippen LogP contribution in [0.25, 0.3) is 0 Å². The Balaban J connectivity index is 1.59. The number of hydrogen-bond donors (Lipinski definition) is 0. The zero-order chi connectivity index (χ0) is 17.8. The van der Waals surface area contributed by atoms with Gasteiger partial charge in [-0.1, -0.05) is 12.1 Å². The predicted molar refractivity (Wildman–Crippen MR) is 96.6 cm³/mol. The molecule has 0 radical (unpaired) electrons. The largest absolute Gasteiger partial charge is 0.468 e. The molecule has 0 saturated carbocycles. The summed E-state index contributed by atoms with van der Waals surface area (Å²) in [7, 11) is 1.37. The van der Waals surface area contributed by atoms with Crippen LogP contribution in [-0.2, 0) is 25.5 Å². The minimum Gasteiger partial charge on any atom is -0.468 e. The lowest BCUT2D eigenvalue weighted by Crippen LogP contribution is -2.45. The molecule has 134 valence electrons. The van der Waals surface area contributed by atoms with Gasteiger partial charge in [-0.25, -0.2) is 0 Å². The van der Waals surface area contributed by atoms with Gasteiger partial charge in [-0.05, 0) is 24.1 Å². The first-order chi connectivity index (χ1) is 12.1. The van der Waals surface area contributed by atoms with Crippen LogP contribution in [0, 0.1) is 0 Å². The molecule has 2 amide bonds. The van der Waals surface area contributed by atoms with Crippen LogP contribution >= 0.6 is 11.8 Å². The van der Waals surface area contributed by atoms with E-state index >= 15 is 0 Å². The van der Waals surface area contributed by atoms with Gasteiger partial charge in [0.2, 0.25) is 11.8 Å². The highest BCUT2D eigenvalue weighted by Gasteiger charge is 2.29. The summed E-state index contributed by atoms with van der Waals surface area (Å²) in [5.41, 5.74) is 1.80. The molecular formula is C18H22N2O4S. The highest BCUT2D eigenvalue weighted by molar-refractivity contribution is 8.00. The summed E-state index contributed by atoms with van der Waals surface area (Å²) < 4.78 is 4.78. The lowest BCUT2D eigenvalue weighted by Gasteiger charge is -2.31. The topological polar surface area (TPSA) is 66.9 Å². The van der Waals surface area contributed by atoms with Crippen LogP contribution in [0.4, 0.5) is 5.69 Å². The Morgan fingerprint density at radius 1 is 1.24 bits per heavy atom. The third kappa shape index (κ3) is 4.15. The normalized spacial score (nSPS) is 20.7. The molecule has 1 aromatic carbocycles. The third-order valence-electron chi connectivity index (χ3n) is 4.56. The van der Waals surface area contributed by atoms with Gasteiger partial charge in [0.05, 0.1) is 13.5 Å². The van der Waals surface area contributed by atoms with Gasteiger partial charge >= 0.3 is 5.97 Å². The molecule has 25 heavy (non-hydrogen) atoms. The van der Waals surface area contributed by atoms with Crippen molar-refractivity contribution in [1.29, 1.82) is 0 Å². The molecule has 0 bridgehead atoms. The fraction of sp³-hybridized carbons (Fsp3) is 0.500. The number of nitrogens with zero attached hydrogens (tertiary/aromatic N) is 2. The van der Waals surface area contributed by atoms with E-state index in [0.29, 0.717) is 25.9 Å². The maximum atomic E-state index is 12.5. The number of anilines is 1. The summed E-state index contributed by atoms with van der Waals surface area (Å²) in [4.78, 5) is 39.5. The van der Waals surface area contributed by atoms with Crippen molar-refractivity contribution in [2.45, 2.75) is 24.5 Å². The maximum Gasteiger partial charge on any atom is 0.320 e. The Labute approximate surface area is 151 Å². The number of carbonyl (C=O) groups is 3. The van der Waals surface area contributed by atoms with E-state index in [1.807, 2.05) is 24.3 Å². The van der Waals surface area contributed by atoms with E-state index in [1.165, 1.54) is 18.9 Å². The number of esters is 1. The first-order valence-corrected chi connectivity index (χ1v) is 9.50. The second kappa shape index (κ2) is 7.91. The Morgan fingerprint density at radius 2 is 2.00 bits per heavy atom. The molecular weight excluding hydrogens is 340 g/mol. The van der Waals surface area contributed by atoms with Gasteiger partial charge in [-0.2, -0.15) is 0 Å². The maximum absolute atomic E-state index is 12.5. The minimum atomic E-state index is -0.300. The second-order valence-corrected chi connectivity index (χ2v) is 7.53. The number of hydrogen-bond acceptors (Lipinski definition) is 5. The van der Waals surface area contributed by atoms with Gasteiger partial charge in [0.25, 0.3) is 0 Å². The van der Waals surface area contributed by atoms with Crippen molar-refractivity contribution in [2.24, 2.45) is 0 Å². The summed E-state index contributed by atoms with van der Waals surface area (Å²) in [6.07, 6.45) is 1.80. The molecule has 2 fully saturated rings. The van der Waals surface area contributed by atoms with Crippen molar-refractivity contribution in [3.8, 4) is 0 Å². The Morgan fingerprint density at radius 3 is 2.64 bits per heavy atom. The molecule has 0 unspecified atom stereocenters. The Hall–Kier alpha value is -2.02. The van der Waals surface area contributed by atoms with Crippen LogP contribution in [0.2, 0.25) is 0 Å². The van der Waals surface area contributed by atoms with E-state index in [4.69, 9.17) is 4.74 Å². The number of rotatable bonds is 4. The lowest BCUT2D eigenvalue weighted by molar-refractivity contribution is -0.141. The molecule has 2 saturated heterocycles. The number of benzene rings is 1. The molecule has 1 aromatic rings. The average molecular weight is 362 g/mol. The fourth-order valence-corrected chi connectivity index (χ4v) is 4.28. The average Bonchev–Trinajstić information content (AvgIpc) is 3.07. The van der Waals surface area contributed by atoms with E-state index in [-0.39, 0.29) is 23.0 Å². The van der Waals surface area contributed by atoms with Crippen LogP contribution in [0.1, 0.15) is 18.4 Å². The van der Waals surface area contributed by atoms with Crippen molar-refractivity contribution in [3.63, 3.8) is 0 Å². The van der Waals surface area contributed by atoms with Crippen molar-refractivity contribution < 1.29 is 19.1 Å². The van der Waals surface area contributed by atoms with Crippen LogP contribution in [-0.4, -0.2) is 60.4 Å². The molecule has 3 rings (SSSR count). The standard InChI is InChI=1S/C18H22N2O4S/c1-24-18(23)15-12-19(9-10-25-15)17(22)11-13-4-6-14(7-5-13)20-8-2-3-16(20)21/h4-7,15H,2-3,8-12H2,1H3/t15-/m1/s1. The summed E-state index contributed by atoms with van der Waals surface area (Å²) in [5, 5.41) is -0.300. The molecule has 2 aliphatic rings. The summed E-state index contributed by atoms with van der Waals surface area (Å²) in [6, 6.07) is 7.59. The van der Waals surface area contributed by atoms with Crippen molar-refractivity contribution in [3.05, 3.63) is 29.8 Å². The summed E-state index contributed by atoms with van der Waals surface area (Å²) >= 11 is 1.53. The number of amides is 2. The van der Waals surface area contributed by atoms with Gasteiger partial charge < -0.3 is 14.5 Å². The van der Waals surface area contributed by atoms with Crippen molar-refractivity contribution >= 4 is 35.2 Å². The number of carbonyl (C=O) groups excluding carboxylic acids is 3. The highest BCUT2D eigenvalue weighted by atomic mass is 32.2. The summed E-state index contributed by atoms with van der Waals surface area (Å²) in [5.74, 6) is 0.631. The van der Waals surface area contributed by atoms with E-state index in [1.54, 1.807) is 9.80 Å². The van der Waals surface area contributed by atoms with E-state index < -0.39 is 0 Å². The molecule has 7 heteroatoms. The zero-order valence-electron chi connectivity index (χ0n) is 14.3. The van der Waals surface area contributed by atoms with Gasteiger partial charge in [0.15, 0.2) is 0 Å². The van der Waals surface area contributed by atoms with Gasteiger partial charge in [0, 0.05) is 37.5 Å². The minimum absolute atomic E-state index is 0.0131. The van der Waals surface area contributed by atoms with Gasteiger partial charge in [0.1, 0.15) is 5.25 Å². The molecule has 0 aromatic heterocycles. The molecule has 1 atom stereocenters. The van der Waals surface area contributed by atoms with E-state index in [2.05, 4.69) is 0 Å². The predicted octanol–water partition coefficient (Wildman–Crippen LogP) is 1.47. The second-order valence-electron chi connectivity index (χ2n) is 6.21. The first-order valence-electron chi connectivity index (χ1n) is 8.45. The van der Waals surface area contributed by atoms with Gasteiger partial charge in [-0.15, -0.1) is 11.8 Å². The molecule has 0 spiro atoms. The number of methoxy groups -OCH3 is 1. The molecule has 6 nitrogen and oxygen atoms in total. The molecule has 0 aliphatic carbocycles. The van der Waals surface area contributed by atoms with Crippen molar-refractivity contribution in [2.75, 3.05) is 37.4 Å². The van der Waals surface area contributed by atoms with Crippen LogP contribution < -0.4 is 4.90 Å². The fourth-order valence-electron chi connectivity index (χ4n) is 3.15. The molecule has 2 heterocycles. The zero-order valence-corrected chi connectivity index (χ0v) is 15.1. The smallest absolute Gasteiger partial charge is 0.320 e. The monoisotopic (exact) mass is 362 g/mol. The van der Waals surface area contributed by atoms with Crippen LogP contribution in [0.3, 0.4) is 0 Å². The lowest BCUT2D eigenvalue weighted by atomic mass is 10.1. The van der Waals surface area contributed by atoms with Gasteiger partial charge in [-0.3, -0.25) is 14.4 Å². The summed E-state index contributed by atoms with van der Waals surface area (Å²) in [6.45, 7) is 1.81. The highest BCUT2D eigenvalue weighted by Crippen LogP contribution is 2.23. The third-order valence-corrected chi connectivity index (χ3v) is 5.72. The molecule has 0 N–H and O–H groups in total. The number of ether oxygens (including phenoxy) is 1. The van der Waals surface area contributed by atoms with E-state index in [9.17, 15) is 14.4 Å². The van der Waals surface area contributed by atoms with Crippen LogP contribution in [0.15, 0.2) is 24.3 Å². The van der Waals surface area contributed by atoms with Crippen LogP contribution in [0.5, 0.6) is 0 Å². The van der Waals surface area contributed by atoms with Crippen molar-refractivity contribution in [1.82, 2.24) is 4.90 Å². The SMILES string of the molecule is COC(=O)[C@H]1CN(C(=O)Cc2ccc(N3CCCC3=O)cc2)CCS1. The number of thioether (sulfide) groups is 1. The quantitative estimate of drug-likeness (QED) is 0.759. The Kier molecular flexibility index (Phi) is 5.63. The van der Waals surface area contributed by atoms with E-state index in [0.717, 1.165) is 30.0 Å². The molecule has 2 aliphatic heterocycles. The first kappa shape index (κ1) is 17.8. The Bertz CT molecular complexity index is 662.